The van der Waals surface area contributed by atoms with Gasteiger partial charge in [-0.2, -0.15) is 0 Å². The molecule has 0 unspecified atom stereocenters. The van der Waals surface area contributed by atoms with E-state index in [2.05, 4.69) is 97.1 Å². The lowest BCUT2D eigenvalue weighted by Gasteiger charge is -2.14. The van der Waals surface area contributed by atoms with Crippen LogP contribution in [0.25, 0.3) is 22.3 Å². The van der Waals surface area contributed by atoms with Crippen molar-refractivity contribution in [1.29, 1.82) is 0 Å². The number of nitrogens with zero attached hydrogens (tertiary/aromatic N) is 4. The average Bonchev–Trinajstić information content (AvgIpc) is 4.09. The van der Waals surface area contributed by atoms with Crippen molar-refractivity contribution in [2.24, 2.45) is 42.9 Å². The number of rotatable bonds is 8. The van der Waals surface area contributed by atoms with E-state index in [1.807, 2.05) is 48.5 Å². The molecule has 0 aliphatic carbocycles. The van der Waals surface area contributed by atoms with Crippen LogP contribution in [0.3, 0.4) is 0 Å². The molecule has 0 atom stereocenters. The van der Waals surface area contributed by atoms with Gasteiger partial charge in [0, 0.05) is 48.5 Å². The molecule has 0 saturated carbocycles. The summed E-state index contributed by atoms with van der Waals surface area (Å²) < 4.78 is 0. The summed E-state index contributed by atoms with van der Waals surface area (Å²) in [5.74, 6) is 0. The molecule has 5 aliphatic rings. The Morgan fingerprint density at radius 1 is 0.304 bits per heavy atom. The largest absolute Gasteiger partial charge is 0.326 e. The van der Waals surface area contributed by atoms with Gasteiger partial charge in [-0.1, -0.05) is 72.8 Å². The molecule has 8 heteroatoms. The van der Waals surface area contributed by atoms with Crippen LogP contribution in [-0.4, -0.2) is 22.8 Å². The van der Waals surface area contributed by atoms with Crippen LogP contribution in [0, 0.1) is 0 Å². The zero-order valence-electron chi connectivity index (χ0n) is 30.8. The molecule has 8 nitrogen and oxygen atoms in total. The standard InChI is InChI=1S/C48H40N8/c49-25-29-5-1-9-33(21-29)45-37-13-15-39(53-37)46(34-10-2-6-30(22-34)26-50)41-17-19-43(55-41)48(36-12-4-8-32(24-36)28-52)44-20-18-42(56-44)47(40-16-14-38(45)54-40)35-11-3-7-31(23-35)27-51/h1-24H,25-28,49-52H2. The van der Waals surface area contributed by atoms with E-state index in [-0.39, 0.29) is 0 Å². The highest BCUT2D eigenvalue weighted by Gasteiger charge is 2.28. The van der Waals surface area contributed by atoms with Gasteiger partial charge in [0.05, 0.1) is 45.6 Å². The first-order chi connectivity index (χ1) is 27.5. The molecule has 4 aromatic carbocycles. The minimum atomic E-state index is 0.414. The van der Waals surface area contributed by atoms with Crippen LogP contribution in [0.4, 0.5) is 0 Å². The predicted octanol–water partition coefficient (Wildman–Crippen LogP) is 7.52. The van der Waals surface area contributed by atoms with Crippen molar-refractivity contribution in [3.8, 4) is 0 Å². The van der Waals surface area contributed by atoms with Gasteiger partial charge in [0.15, 0.2) is 0 Å². The Kier molecular flexibility index (Phi) is 9.30. The van der Waals surface area contributed by atoms with Crippen LogP contribution in [-0.2, 0) is 26.2 Å². The summed E-state index contributed by atoms with van der Waals surface area (Å²) in [6.45, 7) is 1.65. The van der Waals surface area contributed by atoms with Crippen molar-refractivity contribution < 1.29 is 0 Å². The lowest BCUT2D eigenvalue weighted by molar-refractivity contribution is 1.07. The fourth-order valence-corrected chi connectivity index (χ4v) is 7.69. The topological polar surface area (TPSA) is 154 Å². The van der Waals surface area contributed by atoms with Gasteiger partial charge in [-0.05, 0) is 117 Å². The maximum absolute atomic E-state index is 6.16. The van der Waals surface area contributed by atoms with Gasteiger partial charge in [-0.25, -0.2) is 20.0 Å². The molecule has 0 fully saturated rings. The number of aliphatic imine (C=N–C) groups is 4. The van der Waals surface area contributed by atoms with E-state index in [1.165, 1.54) is 0 Å². The van der Waals surface area contributed by atoms with Gasteiger partial charge in [0.1, 0.15) is 0 Å². The van der Waals surface area contributed by atoms with Crippen molar-refractivity contribution in [2.75, 3.05) is 0 Å². The van der Waals surface area contributed by atoms with Crippen LogP contribution >= 0.6 is 0 Å². The first-order valence-corrected chi connectivity index (χ1v) is 18.8. The lowest BCUT2D eigenvalue weighted by atomic mass is 9.96. The molecule has 272 valence electrons. The second-order valence-electron chi connectivity index (χ2n) is 14.0. The average molecular weight is 729 g/mol. The Bertz CT molecular complexity index is 2350. The van der Waals surface area contributed by atoms with Gasteiger partial charge in [0.25, 0.3) is 0 Å². The fraction of sp³-hybridized carbons (Fsp3) is 0.0833. The molecular weight excluding hydrogens is 689 g/mol. The Balaban J connectivity index is 1.37. The maximum Gasteiger partial charge on any atom is 0.0738 e. The third kappa shape index (κ3) is 6.46. The van der Waals surface area contributed by atoms with E-state index < -0.39 is 0 Å². The van der Waals surface area contributed by atoms with Gasteiger partial charge >= 0.3 is 0 Å². The van der Waals surface area contributed by atoms with Crippen LogP contribution in [0.1, 0.15) is 44.5 Å². The molecule has 5 aliphatic heterocycles. The van der Waals surface area contributed by atoms with Crippen LogP contribution in [0.5, 0.6) is 0 Å². The zero-order chi connectivity index (χ0) is 38.2. The van der Waals surface area contributed by atoms with Crippen LogP contribution in [0.2, 0.25) is 0 Å². The first kappa shape index (κ1) is 35.0. The third-order valence-electron chi connectivity index (χ3n) is 10.4. The second-order valence-corrected chi connectivity index (χ2v) is 14.0. The summed E-state index contributed by atoms with van der Waals surface area (Å²) in [7, 11) is 0. The summed E-state index contributed by atoms with van der Waals surface area (Å²) in [6, 6.07) is 33.1. The van der Waals surface area contributed by atoms with E-state index in [4.69, 9.17) is 42.9 Å². The van der Waals surface area contributed by atoms with Crippen molar-refractivity contribution >= 4 is 45.1 Å². The number of hydrogen-bond acceptors (Lipinski definition) is 8. The highest BCUT2D eigenvalue weighted by atomic mass is 14.9. The molecule has 5 heterocycles. The van der Waals surface area contributed by atoms with Gasteiger partial charge in [0.2, 0.25) is 0 Å². The van der Waals surface area contributed by atoms with E-state index >= 15 is 0 Å². The molecule has 56 heavy (non-hydrogen) atoms. The van der Waals surface area contributed by atoms with Crippen molar-refractivity contribution in [2.45, 2.75) is 26.2 Å². The van der Waals surface area contributed by atoms with Gasteiger partial charge in [-0.3, -0.25) is 0 Å². The fourth-order valence-electron chi connectivity index (χ4n) is 7.69. The van der Waals surface area contributed by atoms with Crippen molar-refractivity contribution in [3.05, 3.63) is 213 Å². The zero-order valence-corrected chi connectivity index (χ0v) is 30.8. The van der Waals surface area contributed by atoms with Gasteiger partial charge < -0.3 is 22.9 Å². The third-order valence-corrected chi connectivity index (χ3v) is 10.4. The predicted molar refractivity (Wildman–Crippen MR) is 231 cm³/mol. The molecule has 0 aromatic heterocycles. The molecule has 8 bridgehead atoms. The molecular formula is C48H40N8. The molecule has 8 N–H and O–H groups in total. The highest BCUT2D eigenvalue weighted by molar-refractivity contribution is 6.39. The van der Waals surface area contributed by atoms with Gasteiger partial charge in [-0.15, -0.1) is 0 Å². The Hall–Kier alpha value is -6.68. The number of fused-ring (bicyclic) bond motifs is 4. The van der Waals surface area contributed by atoms with Crippen molar-refractivity contribution in [1.82, 2.24) is 0 Å². The van der Waals surface area contributed by atoms with E-state index in [1.54, 1.807) is 0 Å². The Morgan fingerprint density at radius 2 is 0.536 bits per heavy atom. The maximum atomic E-state index is 6.16. The molecule has 0 saturated heterocycles. The minimum Gasteiger partial charge on any atom is -0.326 e. The van der Waals surface area contributed by atoms with Crippen LogP contribution < -0.4 is 22.9 Å². The highest BCUT2D eigenvalue weighted by Crippen LogP contribution is 2.39. The lowest BCUT2D eigenvalue weighted by Crippen LogP contribution is -2.05. The Labute approximate surface area is 326 Å². The van der Waals surface area contributed by atoms with Crippen LogP contribution in [0.15, 0.2) is 188 Å². The van der Waals surface area contributed by atoms with Crippen molar-refractivity contribution in [3.63, 3.8) is 0 Å². The van der Waals surface area contributed by atoms with E-state index in [0.29, 0.717) is 26.2 Å². The first-order valence-electron chi connectivity index (χ1n) is 18.8. The SMILES string of the molecule is NCc1cccc(C2=C3C=CC(=N3)C(c3cccc(CN)c3)=C3C=CC(=N3)C(c3cccc(CN)c3)=C3C=CC(=N3)C(c3cccc(CN)c3)=C3C=CC2=N3)c1. The quantitative estimate of drug-likeness (QED) is 0.148. The second kappa shape index (κ2) is 14.9. The number of nitrogens with two attached hydrogens (primary N) is 4. The summed E-state index contributed by atoms with van der Waals surface area (Å²) in [4.78, 5) is 21.5. The van der Waals surface area contributed by atoms with E-state index in [0.717, 1.165) is 112 Å². The summed E-state index contributed by atoms with van der Waals surface area (Å²) in [6.07, 6.45) is 16.5. The summed E-state index contributed by atoms with van der Waals surface area (Å²) in [5.41, 5.74) is 42.5. The molecule has 0 radical (unpaired) electrons. The Morgan fingerprint density at radius 3 is 0.750 bits per heavy atom. The monoisotopic (exact) mass is 728 g/mol. The summed E-state index contributed by atoms with van der Waals surface area (Å²) in [5, 5.41) is 0. The molecule has 9 rings (SSSR count). The minimum absolute atomic E-state index is 0.414. The normalized spacial score (nSPS) is 17.1. The summed E-state index contributed by atoms with van der Waals surface area (Å²) >= 11 is 0. The smallest absolute Gasteiger partial charge is 0.0738 e. The molecule has 0 spiro atoms. The number of allylic oxidation sites excluding steroid dienone is 12. The van der Waals surface area contributed by atoms with E-state index in [9.17, 15) is 0 Å². The molecule has 0 amide bonds. The number of hydrogen-bond donors (Lipinski definition) is 4. The number of benzene rings is 4. The molecule has 4 aromatic rings.